The molecular weight excluding hydrogens is 437 g/mol. The van der Waals surface area contributed by atoms with E-state index in [-0.39, 0.29) is 5.75 Å². The normalized spacial score (nSPS) is 15.7. The second kappa shape index (κ2) is 7.27. The topological polar surface area (TPSA) is 98.5 Å². The number of hydrogen-bond donors (Lipinski definition) is 1. The number of ether oxygens (including phenoxy) is 1. The molecule has 1 aliphatic rings. The van der Waals surface area contributed by atoms with Gasteiger partial charge in [0.05, 0.1) is 11.2 Å². The van der Waals surface area contributed by atoms with E-state index in [1.165, 1.54) is 24.3 Å². The van der Waals surface area contributed by atoms with Gasteiger partial charge in [0.2, 0.25) is 16.1 Å². The number of hydrogen-bond acceptors (Lipinski definition) is 5. The van der Waals surface area contributed by atoms with Crippen LogP contribution < -0.4 is 9.46 Å². The minimum absolute atomic E-state index is 0.163. The highest BCUT2D eigenvalue weighted by atomic mass is 32.2. The zero-order valence-electron chi connectivity index (χ0n) is 15.7. The summed E-state index contributed by atoms with van der Waals surface area (Å²) >= 11 is 0. The van der Waals surface area contributed by atoms with E-state index in [2.05, 4.69) is 4.72 Å². The van der Waals surface area contributed by atoms with Gasteiger partial charge in [0.1, 0.15) is 11.6 Å². The van der Waals surface area contributed by atoms with E-state index in [0.29, 0.717) is 34.2 Å². The Balaban J connectivity index is 1.85. The van der Waals surface area contributed by atoms with Crippen molar-refractivity contribution in [1.82, 2.24) is 0 Å². The van der Waals surface area contributed by atoms with Gasteiger partial charge in [-0.3, -0.25) is 14.8 Å². The molecule has 1 N–H and O–H groups in total. The maximum atomic E-state index is 14.3. The third-order valence-corrected chi connectivity index (χ3v) is 5.27. The van der Waals surface area contributed by atoms with Crippen molar-refractivity contribution >= 4 is 32.6 Å². The minimum atomic E-state index is -3.50. The van der Waals surface area contributed by atoms with Crippen molar-refractivity contribution in [3.8, 4) is 5.75 Å². The van der Waals surface area contributed by atoms with Crippen LogP contribution in [0.4, 0.5) is 18.9 Å². The Labute approximate surface area is 174 Å². The van der Waals surface area contributed by atoms with E-state index in [1.807, 2.05) is 0 Å². The Morgan fingerprint density at radius 2 is 1.74 bits per heavy atom. The fraction of sp³-hybridized carbons (Fsp3) is 0.100. The summed E-state index contributed by atoms with van der Waals surface area (Å²) in [6.45, 7) is 0. The molecule has 4 rings (SSSR count). The summed E-state index contributed by atoms with van der Waals surface area (Å²) in [6.07, 6.45) is 0.582. The van der Waals surface area contributed by atoms with Gasteiger partial charge in [-0.2, -0.15) is 0 Å². The third-order valence-electron chi connectivity index (χ3n) is 4.66. The van der Waals surface area contributed by atoms with E-state index in [1.54, 1.807) is 12.1 Å². The molecular formula is C20H13F3N2O5S. The molecule has 1 unspecified atom stereocenters. The predicted molar refractivity (Wildman–Crippen MR) is 107 cm³/mol. The molecule has 11 heteroatoms. The molecule has 3 aromatic carbocycles. The van der Waals surface area contributed by atoms with Gasteiger partial charge < -0.3 is 4.74 Å². The Kier molecular flexibility index (Phi) is 4.85. The van der Waals surface area contributed by atoms with Crippen LogP contribution in [0.25, 0.3) is 16.8 Å². The summed E-state index contributed by atoms with van der Waals surface area (Å²) in [5, 5.41) is 12.7. The van der Waals surface area contributed by atoms with Crippen molar-refractivity contribution in [3.05, 3.63) is 86.9 Å². The average molecular weight is 450 g/mol. The quantitative estimate of drug-likeness (QED) is 0.361. The number of nitrogens with zero attached hydrogens (tertiary/aromatic N) is 1. The van der Waals surface area contributed by atoms with Gasteiger partial charge >= 0.3 is 0 Å². The highest BCUT2D eigenvalue weighted by Gasteiger charge is 2.36. The lowest BCUT2D eigenvalue weighted by molar-refractivity contribution is -0.434. The molecule has 0 spiro atoms. The maximum absolute atomic E-state index is 14.3. The Morgan fingerprint density at radius 1 is 1.03 bits per heavy atom. The molecule has 0 aliphatic carbocycles. The lowest BCUT2D eigenvalue weighted by Gasteiger charge is -2.24. The van der Waals surface area contributed by atoms with Crippen molar-refractivity contribution in [1.29, 1.82) is 0 Å². The summed E-state index contributed by atoms with van der Waals surface area (Å²) in [4.78, 5) is 10.9. The van der Waals surface area contributed by atoms with Crippen molar-refractivity contribution in [2.45, 2.75) is 6.10 Å². The standard InChI is InChI=1S/C20H13F3N2O5S/c1-31(28,29)24-11-3-4-12-10(6-11)2-5-19-13(12)8-18(25(26)27)20(30-19)14-7-16(22)17(23)9-15(14)21/h2-9,20,24H,1H3. The molecule has 3 aromatic rings. The third kappa shape index (κ3) is 3.91. The summed E-state index contributed by atoms with van der Waals surface area (Å²) in [5.74, 6) is -3.81. The van der Waals surface area contributed by atoms with E-state index in [9.17, 15) is 31.7 Å². The van der Waals surface area contributed by atoms with Gasteiger partial charge in [0.15, 0.2) is 11.6 Å². The SMILES string of the molecule is CS(=O)(=O)Nc1ccc2c3c(ccc2c1)OC(c1cc(F)c(F)cc1F)C([N+](=O)[O-])=C3. The van der Waals surface area contributed by atoms with Crippen LogP contribution in [0.3, 0.4) is 0 Å². The van der Waals surface area contributed by atoms with Gasteiger partial charge in [-0.1, -0.05) is 12.1 Å². The van der Waals surface area contributed by atoms with Gasteiger partial charge in [-0.15, -0.1) is 0 Å². The molecule has 1 heterocycles. The van der Waals surface area contributed by atoms with Gasteiger partial charge in [-0.05, 0) is 35.0 Å². The Morgan fingerprint density at radius 3 is 2.42 bits per heavy atom. The molecule has 0 amide bonds. The van der Waals surface area contributed by atoms with Crippen molar-refractivity contribution in [2.75, 3.05) is 11.0 Å². The number of rotatable bonds is 4. The summed E-state index contributed by atoms with van der Waals surface area (Å²) in [5.41, 5.74) is -0.468. The second-order valence-corrected chi connectivity index (χ2v) is 8.65. The molecule has 0 bridgehead atoms. The lowest BCUT2D eigenvalue weighted by atomic mass is 9.96. The number of nitrogens with one attached hydrogen (secondary N) is 1. The number of sulfonamides is 1. The molecule has 1 atom stereocenters. The Bertz CT molecular complexity index is 1390. The lowest BCUT2D eigenvalue weighted by Crippen LogP contribution is -2.21. The van der Waals surface area contributed by atoms with E-state index >= 15 is 0 Å². The van der Waals surface area contributed by atoms with Crippen LogP contribution in [0.1, 0.15) is 17.2 Å². The number of benzene rings is 3. The fourth-order valence-corrected chi connectivity index (χ4v) is 3.94. The predicted octanol–water partition coefficient (Wildman–Crippen LogP) is 4.38. The van der Waals surface area contributed by atoms with Crippen LogP contribution in [0, 0.1) is 27.6 Å². The van der Waals surface area contributed by atoms with Crippen molar-refractivity contribution < 1.29 is 31.2 Å². The van der Waals surface area contributed by atoms with Gasteiger partial charge in [0, 0.05) is 29.0 Å². The zero-order chi connectivity index (χ0) is 22.5. The molecule has 31 heavy (non-hydrogen) atoms. The summed E-state index contributed by atoms with van der Waals surface area (Å²) < 4.78 is 72.1. The molecule has 0 aromatic heterocycles. The molecule has 160 valence electrons. The number of fused-ring (bicyclic) bond motifs is 3. The molecule has 0 radical (unpaired) electrons. The number of anilines is 1. The van der Waals surface area contributed by atoms with Crippen LogP contribution >= 0.6 is 0 Å². The van der Waals surface area contributed by atoms with E-state index in [0.717, 1.165) is 6.26 Å². The average Bonchev–Trinajstić information content (AvgIpc) is 2.68. The largest absolute Gasteiger partial charge is 0.474 e. The highest BCUT2D eigenvalue weighted by Crippen LogP contribution is 2.42. The van der Waals surface area contributed by atoms with Crippen LogP contribution in [-0.4, -0.2) is 19.6 Å². The molecule has 7 nitrogen and oxygen atoms in total. The van der Waals surface area contributed by atoms with Crippen LogP contribution in [0.2, 0.25) is 0 Å². The first-order valence-electron chi connectivity index (χ1n) is 8.75. The summed E-state index contributed by atoms with van der Waals surface area (Å²) in [7, 11) is -3.50. The van der Waals surface area contributed by atoms with Gasteiger partial charge in [-0.25, -0.2) is 21.6 Å². The Hall–Kier alpha value is -3.60. The number of nitro groups is 1. The van der Waals surface area contributed by atoms with E-state index < -0.39 is 49.8 Å². The second-order valence-electron chi connectivity index (χ2n) is 6.90. The first kappa shape index (κ1) is 20.7. The molecule has 1 aliphatic heterocycles. The minimum Gasteiger partial charge on any atom is -0.474 e. The fourth-order valence-electron chi connectivity index (χ4n) is 3.38. The molecule has 0 saturated heterocycles. The van der Waals surface area contributed by atoms with Crippen molar-refractivity contribution in [3.63, 3.8) is 0 Å². The van der Waals surface area contributed by atoms with Crippen LogP contribution in [0.5, 0.6) is 5.75 Å². The smallest absolute Gasteiger partial charge is 0.291 e. The maximum Gasteiger partial charge on any atom is 0.291 e. The zero-order valence-corrected chi connectivity index (χ0v) is 16.5. The molecule has 0 saturated carbocycles. The first-order chi connectivity index (χ1) is 14.5. The summed E-state index contributed by atoms with van der Waals surface area (Å²) in [6, 6.07) is 8.46. The van der Waals surface area contributed by atoms with Gasteiger partial charge in [0.25, 0.3) is 5.70 Å². The van der Waals surface area contributed by atoms with Crippen LogP contribution in [0.15, 0.2) is 48.2 Å². The molecule has 0 fully saturated rings. The van der Waals surface area contributed by atoms with Crippen molar-refractivity contribution in [2.24, 2.45) is 0 Å². The van der Waals surface area contributed by atoms with E-state index in [4.69, 9.17) is 4.74 Å². The van der Waals surface area contributed by atoms with Crippen LogP contribution in [-0.2, 0) is 10.0 Å². The highest BCUT2D eigenvalue weighted by molar-refractivity contribution is 7.92. The number of halogens is 3. The first-order valence-corrected chi connectivity index (χ1v) is 10.6. The monoisotopic (exact) mass is 450 g/mol.